The second-order valence-corrected chi connectivity index (χ2v) is 8.41. The summed E-state index contributed by atoms with van der Waals surface area (Å²) in [6.07, 6.45) is 6.97. The van der Waals surface area contributed by atoms with Gasteiger partial charge in [-0.05, 0) is 37.1 Å². The molecule has 0 atom stereocenters. The molecule has 3 aromatic rings. The highest BCUT2D eigenvalue weighted by atomic mass is 19.4. The summed E-state index contributed by atoms with van der Waals surface area (Å²) in [6.45, 7) is 0.0521. The van der Waals surface area contributed by atoms with E-state index < -0.39 is 11.7 Å². The molecular formula is C25H28F3N3O2. The van der Waals surface area contributed by atoms with Crippen LogP contribution in [0, 0.1) is 0 Å². The van der Waals surface area contributed by atoms with E-state index in [2.05, 4.69) is 15.0 Å². The highest BCUT2D eigenvalue weighted by Gasteiger charge is 2.30. The van der Waals surface area contributed by atoms with Crippen LogP contribution in [0.4, 0.5) is 13.2 Å². The molecule has 176 valence electrons. The third kappa shape index (κ3) is 5.86. The summed E-state index contributed by atoms with van der Waals surface area (Å²) in [5.74, 6) is 2.66. The third-order valence-corrected chi connectivity index (χ3v) is 6.09. The fourth-order valence-electron chi connectivity index (χ4n) is 4.23. The van der Waals surface area contributed by atoms with E-state index in [0.29, 0.717) is 23.1 Å². The Morgan fingerprint density at radius 3 is 2.39 bits per heavy atom. The van der Waals surface area contributed by atoms with Crippen molar-refractivity contribution in [1.82, 2.24) is 15.0 Å². The Hall–Kier alpha value is -3.03. The number of benzene rings is 1. The standard InChI is InChI=1S/C25H28F3N3O2/c1-32-23-13-20(33-16-19-10-9-18(14-29-19)25(26,27)28)11-12-21(23)22-15-30-24(31-22)17-7-5-3-2-4-6-8-17/h9-15,17H,2-8,16H2,1H3,(H,30,31). The number of nitrogens with zero attached hydrogens (tertiary/aromatic N) is 2. The van der Waals surface area contributed by atoms with Gasteiger partial charge in [0, 0.05) is 23.7 Å². The van der Waals surface area contributed by atoms with Crippen molar-refractivity contribution >= 4 is 0 Å². The van der Waals surface area contributed by atoms with Crippen molar-refractivity contribution < 1.29 is 22.6 Å². The molecule has 0 unspecified atom stereocenters. The smallest absolute Gasteiger partial charge is 0.417 e. The Kier molecular flexibility index (Phi) is 7.20. The first-order valence-electron chi connectivity index (χ1n) is 11.3. The van der Waals surface area contributed by atoms with E-state index in [0.717, 1.165) is 42.2 Å². The van der Waals surface area contributed by atoms with Gasteiger partial charge in [0.25, 0.3) is 0 Å². The Bertz CT molecular complexity index is 1040. The number of pyridine rings is 1. The van der Waals surface area contributed by atoms with Gasteiger partial charge in [0.05, 0.1) is 30.3 Å². The van der Waals surface area contributed by atoms with Crippen LogP contribution in [0.1, 0.15) is 67.9 Å². The zero-order valence-corrected chi connectivity index (χ0v) is 18.6. The fourth-order valence-corrected chi connectivity index (χ4v) is 4.23. The predicted molar refractivity (Wildman–Crippen MR) is 119 cm³/mol. The molecule has 2 heterocycles. The molecule has 4 rings (SSSR count). The summed E-state index contributed by atoms with van der Waals surface area (Å²) >= 11 is 0. The molecule has 8 heteroatoms. The lowest BCUT2D eigenvalue weighted by Gasteiger charge is -2.17. The van der Waals surface area contributed by atoms with Gasteiger partial charge in [-0.1, -0.05) is 32.1 Å². The van der Waals surface area contributed by atoms with Crippen LogP contribution in [0.5, 0.6) is 11.5 Å². The van der Waals surface area contributed by atoms with E-state index >= 15 is 0 Å². The number of aromatic amines is 1. The SMILES string of the molecule is COc1cc(OCc2ccc(C(F)(F)F)cn2)ccc1-c1cnc(C2CCCCCCC2)[nH]1. The average Bonchev–Trinajstić information content (AvgIpc) is 3.27. The molecule has 5 nitrogen and oxygen atoms in total. The van der Waals surface area contributed by atoms with Crippen LogP contribution in [0.3, 0.4) is 0 Å². The van der Waals surface area contributed by atoms with Crippen molar-refractivity contribution in [3.63, 3.8) is 0 Å². The molecule has 0 bridgehead atoms. The monoisotopic (exact) mass is 459 g/mol. The molecule has 0 spiro atoms. The number of H-pyrrole nitrogens is 1. The topological polar surface area (TPSA) is 60.0 Å². The Labute approximate surface area is 191 Å². The highest BCUT2D eigenvalue weighted by Crippen LogP contribution is 2.35. The van der Waals surface area contributed by atoms with Gasteiger partial charge >= 0.3 is 6.18 Å². The number of aromatic nitrogens is 3. The van der Waals surface area contributed by atoms with Crippen LogP contribution in [0.15, 0.2) is 42.7 Å². The minimum atomic E-state index is -4.41. The summed E-state index contributed by atoms with van der Waals surface area (Å²) in [4.78, 5) is 12.0. The maximum Gasteiger partial charge on any atom is 0.417 e. The van der Waals surface area contributed by atoms with E-state index in [-0.39, 0.29) is 6.61 Å². The van der Waals surface area contributed by atoms with Crippen molar-refractivity contribution in [3.05, 3.63) is 59.8 Å². The highest BCUT2D eigenvalue weighted by molar-refractivity contribution is 5.68. The fraction of sp³-hybridized carbons (Fsp3) is 0.440. The summed E-state index contributed by atoms with van der Waals surface area (Å²) < 4.78 is 49.3. The number of ether oxygens (including phenoxy) is 2. The minimum absolute atomic E-state index is 0.0521. The number of nitrogens with one attached hydrogen (secondary N) is 1. The quantitative estimate of drug-likeness (QED) is 0.435. The molecule has 33 heavy (non-hydrogen) atoms. The van der Waals surface area contributed by atoms with Gasteiger partial charge in [0.15, 0.2) is 0 Å². The molecule has 0 amide bonds. The molecule has 1 aliphatic rings. The maximum atomic E-state index is 12.7. The van der Waals surface area contributed by atoms with Gasteiger partial charge in [-0.2, -0.15) is 13.2 Å². The number of rotatable bonds is 6. The van der Waals surface area contributed by atoms with E-state index in [9.17, 15) is 13.2 Å². The predicted octanol–water partition coefficient (Wildman–Crippen LogP) is 6.91. The first kappa shape index (κ1) is 23.1. The molecule has 0 saturated heterocycles. The van der Waals surface area contributed by atoms with Gasteiger partial charge in [0.2, 0.25) is 0 Å². The number of alkyl halides is 3. The van der Waals surface area contributed by atoms with Gasteiger partial charge in [0.1, 0.15) is 23.9 Å². The van der Waals surface area contributed by atoms with Gasteiger partial charge < -0.3 is 14.5 Å². The first-order chi connectivity index (χ1) is 15.9. The van der Waals surface area contributed by atoms with Crippen molar-refractivity contribution in [2.45, 2.75) is 63.6 Å². The lowest BCUT2D eigenvalue weighted by atomic mass is 9.91. The van der Waals surface area contributed by atoms with E-state index in [1.807, 2.05) is 12.3 Å². The van der Waals surface area contributed by atoms with E-state index in [4.69, 9.17) is 9.47 Å². The van der Waals surface area contributed by atoms with Crippen molar-refractivity contribution in [1.29, 1.82) is 0 Å². The third-order valence-electron chi connectivity index (χ3n) is 6.09. The molecular weight excluding hydrogens is 431 g/mol. The number of imidazole rings is 1. The summed E-state index contributed by atoms with van der Waals surface area (Å²) in [5.41, 5.74) is 1.39. The lowest BCUT2D eigenvalue weighted by Crippen LogP contribution is -2.06. The first-order valence-corrected chi connectivity index (χ1v) is 11.3. The largest absolute Gasteiger partial charge is 0.496 e. The van der Waals surface area contributed by atoms with Crippen molar-refractivity contribution in [2.75, 3.05) is 7.11 Å². The number of hydrogen-bond donors (Lipinski definition) is 1. The molecule has 0 radical (unpaired) electrons. The normalized spacial score (nSPS) is 15.6. The molecule has 1 saturated carbocycles. The summed E-state index contributed by atoms with van der Waals surface area (Å²) in [7, 11) is 1.59. The van der Waals surface area contributed by atoms with Crippen LogP contribution in [0.25, 0.3) is 11.3 Å². The van der Waals surface area contributed by atoms with Crippen molar-refractivity contribution in [3.8, 4) is 22.8 Å². The second-order valence-electron chi connectivity index (χ2n) is 8.41. The minimum Gasteiger partial charge on any atom is -0.496 e. The van der Waals surface area contributed by atoms with Gasteiger partial charge in [-0.15, -0.1) is 0 Å². The van der Waals surface area contributed by atoms with Crippen LogP contribution in [-0.2, 0) is 12.8 Å². The van der Waals surface area contributed by atoms with Crippen LogP contribution >= 0.6 is 0 Å². The zero-order valence-electron chi connectivity index (χ0n) is 18.6. The van der Waals surface area contributed by atoms with Crippen LogP contribution in [-0.4, -0.2) is 22.1 Å². The Balaban J connectivity index is 1.44. The zero-order chi connectivity index (χ0) is 23.3. The number of methoxy groups -OCH3 is 1. The molecule has 2 aromatic heterocycles. The van der Waals surface area contributed by atoms with Gasteiger partial charge in [-0.25, -0.2) is 4.98 Å². The molecule has 1 N–H and O–H groups in total. The van der Waals surface area contributed by atoms with Crippen LogP contribution < -0.4 is 9.47 Å². The Morgan fingerprint density at radius 2 is 1.73 bits per heavy atom. The van der Waals surface area contributed by atoms with Crippen LogP contribution in [0.2, 0.25) is 0 Å². The van der Waals surface area contributed by atoms with Crippen molar-refractivity contribution in [2.24, 2.45) is 0 Å². The molecule has 1 aromatic carbocycles. The summed E-state index contributed by atoms with van der Waals surface area (Å²) in [6, 6.07) is 7.77. The molecule has 1 fully saturated rings. The average molecular weight is 460 g/mol. The maximum absolute atomic E-state index is 12.7. The van der Waals surface area contributed by atoms with Gasteiger partial charge in [-0.3, -0.25) is 4.98 Å². The van der Waals surface area contributed by atoms with E-state index in [1.54, 1.807) is 19.2 Å². The molecule has 1 aliphatic carbocycles. The molecule has 0 aliphatic heterocycles. The number of hydrogen-bond acceptors (Lipinski definition) is 4. The van der Waals surface area contributed by atoms with E-state index in [1.165, 1.54) is 38.2 Å². The second kappa shape index (κ2) is 10.3. The number of halogens is 3. The lowest BCUT2D eigenvalue weighted by molar-refractivity contribution is -0.137. The summed E-state index contributed by atoms with van der Waals surface area (Å²) in [5, 5.41) is 0. The Morgan fingerprint density at radius 1 is 0.970 bits per heavy atom.